The van der Waals surface area contributed by atoms with Gasteiger partial charge >= 0.3 is 0 Å². The van der Waals surface area contributed by atoms with Gasteiger partial charge in [0.1, 0.15) is 11.5 Å². The number of Topliss-reactive ketones (excluding diaryl/α,β-unsaturated/α-hetero) is 1. The highest BCUT2D eigenvalue weighted by molar-refractivity contribution is 7.14. The van der Waals surface area contributed by atoms with Crippen LogP contribution < -0.4 is 5.32 Å². The first kappa shape index (κ1) is 11.5. The number of nitrogens with one attached hydrogen (secondary N) is 1. The summed E-state index contributed by atoms with van der Waals surface area (Å²) < 4.78 is 5.17. The Kier molecular flexibility index (Phi) is 3.06. The van der Waals surface area contributed by atoms with E-state index in [0.29, 0.717) is 16.6 Å². The number of aryl methyl sites for hydroxylation is 1. The smallest absolute Gasteiger partial charge is 0.293 e. The van der Waals surface area contributed by atoms with Crippen molar-refractivity contribution in [3.63, 3.8) is 0 Å². The zero-order valence-electron chi connectivity index (χ0n) is 9.31. The summed E-state index contributed by atoms with van der Waals surface area (Å²) in [6.45, 7) is 3.19. The van der Waals surface area contributed by atoms with E-state index in [0.717, 1.165) is 0 Å². The molecule has 0 spiro atoms. The lowest BCUT2D eigenvalue weighted by atomic mass is 10.4. The standard InChI is InChI=1S/C11H10N2O3S/c1-6-3-4-9(16-6)10(15)13-11-12-8(5-17-11)7(2)14/h3-5H,1-2H3,(H,12,13,15). The number of nitrogens with zero attached hydrogens (tertiary/aromatic N) is 1. The van der Waals surface area contributed by atoms with Gasteiger partial charge in [-0.2, -0.15) is 0 Å². The number of hydrogen-bond donors (Lipinski definition) is 1. The van der Waals surface area contributed by atoms with Gasteiger partial charge in [-0.15, -0.1) is 11.3 Å². The van der Waals surface area contributed by atoms with Crippen LogP contribution in [0.25, 0.3) is 0 Å². The van der Waals surface area contributed by atoms with E-state index in [1.165, 1.54) is 18.3 Å². The first-order valence-corrected chi connectivity index (χ1v) is 5.78. The summed E-state index contributed by atoms with van der Waals surface area (Å²) in [5.74, 6) is 0.388. The van der Waals surface area contributed by atoms with E-state index in [-0.39, 0.29) is 17.5 Å². The Hall–Kier alpha value is -1.95. The largest absolute Gasteiger partial charge is 0.456 e. The van der Waals surface area contributed by atoms with Crippen LogP contribution in [-0.4, -0.2) is 16.7 Å². The topological polar surface area (TPSA) is 72.2 Å². The molecule has 1 amide bonds. The molecule has 0 atom stereocenters. The lowest BCUT2D eigenvalue weighted by molar-refractivity contribution is 0.0989. The summed E-state index contributed by atoms with van der Waals surface area (Å²) >= 11 is 1.20. The Labute approximate surface area is 101 Å². The number of ketones is 1. The maximum atomic E-state index is 11.7. The zero-order valence-corrected chi connectivity index (χ0v) is 10.1. The van der Waals surface area contributed by atoms with Crippen molar-refractivity contribution in [2.45, 2.75) is 13.8 Å². The molecule has 1 N–H and O–H groups in total. The monoisotopic (exact) mass is 250 g/mol. The molecule has 0 aromatic carbocycles. The summed E-state index contributed by atoms with van der Waals surface area (Å²) in [6.07, 6.45) is 0. The van der Waals surface area contributed by atoms with Crippen LogP contribution in [0.4, 0.5) is 5.13 Å². The van der Waals surface area contributed by atoms with Crippen LogP contribution in [0, 0.1) is 6.92 Å². The van der Waals surface area contributed by atoms with Crippen LogP contribution in [0.1, 0.15) is 33.7 Å². The van der Waals surface area contributed by atoms with Gasteiger partial charge in [-0.25, -0.2) is 4.98 Å². The van der Waals surface area contributed by atoms with Gasteiger partial charge in [0.15, 0.2) is 16.7 Å². The van der Waals surface area contributed by atoms with Crippen molar-refractivity contribution >= 4 is 28.2 Å². The zero-order chi connectivity index (χ0) is 12.4. The van der Waals surface area contributed by atoms with Gasteiger partial charge in [0.2, 0.25) is 0 Å². The third-order valence-corrected chi connectivity index (χ3v) is 2.81. The van der Waals surface area contributed by atoms with E-state index < -0.39 is 0 Å². The van der Waals surface area contributed by atoms with Crippen LogP contribution in [0.5, 0.6) is 0 Å². The Morgan fingerprint density at radius 1 is 1.41 bits per heavy atom. The van der Waals surface area contributed by atoms with Crippen molar-refractivity contribution in [2.75, 3.05) is 5.32 Å². The summed E-state index contributed by atoms with van der Waals surface area (Å²) in [7, 11) is 0. The highest BCUT2D eigenvalue weighted by Crippen LogP contribution is 2.17. The van der Waals surface area contributed by atoms with E-state index in [1.54, 1.807) is 24.4 Å². The van der Waals surface area contributed by atoms with E-state index in [1.807, 2.05) is 0 Å². The molecular formula is C11H10N2O3S. The second-order valence-corrected chi connectivity index (χ2v) is 4.32. The average molecular weight is 250 g/mol. The molecule has 0 aliphatic carbocycles. The third kappa shape index (κ3) is 2.59. The van der Waals surface area contributed by atoms with Crippen LogP contribution >= 0.6 is 11.3 Å². The average Bonchev–Trinajstić information content (AvgIpc) is 2.86. The molecule has 6 heteroatoms. The molecule has 0 unspecified atom stereocenters. The van der Waals surface area contributed by atoms with Gasteiger partial charge in [-0.1, -0.05) is 0 Å². The van der Waals surface area contributed by atoms with Crippen molar-refractivity contribution in [2.24, 2.45) is 0 Å². The Morgan fingerprint density at radius 2 is 2.18 bits per heavy atom. The highest BCUT2D eigenvalue weighted by atomic mass is 32.1. The molecule has 0 radical (unpaired) electrons. The van der Waals surface area contributed by atoms with Crippen LogP contribution in [-0.2, 0) is 0 Å². The molecule has 2 aromatic rings. The Balaban J connectivity index is 2.10. The maximum absolute atomic E-state index is 11.7. The van der Waals surface area contributed by atoms with Gasteiger partial charge in [0, 0.05) is 12.3 Å². The number of furan rings is 1. The second-order valence-electron chi connectivity index (χ2n) is 3.46. The molecule has 0 saturated heterocycles. The molecule has 2 heterocycles. The number of anilines is 1. The lowest BCUT2D eigenvalue weighted by Gasteiger charge is -1.97. The van der Waals surface area contributed by atoms with Gasteiger partial charge in [0.25, 0.3) is 5.91 Å². The Morgan fingerprint density at radius 3 is 2.71 bits per heavy atom. The first-order valence-electron chi connectivity index (χ1n) is 4.90. The predicted molar refractivity (Wildman–Crippen MR) is 63.5 cm³/mol. The van der Waals surface area contributed by atoms with Gasteiger partial charge < -0.3 is 4.42 Å². The molecule has 0 fully saturated rings. The maximum Gasteiger partial charge on any atom is 0.293 e. The molecule has 0 bridgehead atoms. The molecular weight excluding hydrogens is 240 g/mol. The third-order valence-electron chi connectivity index (χ3n) is 2.05. The summed E-state index contributed by atoms with van der Waals surface area (Å²) in [5, 5.41) is 4.56. The Bertz CT molecular complexity index is 571. The summed E-state index contributed by atoms with van der Waals surface area (Å²) in [6, 6.07) is 3.29. The minimum Gasteiger partial charge on any atom is -0.456 e. The van der Waals surface area contributed by atoms with Crippen LogP contribution in [0.3, 0.4) is 0 Å². The lowest BCUT2D eigenvalue weighted by Crippen LogP contribution is -2.10. The summed E-state index contributed by atoms with van der Waals surface area (Å²) in [4.78, 5) is 26.7. The van der Waals surface area contributed by atoms with Crippen molar-refractivity contribution < 1.29 is 14.0 Å². The van der Waals surface area contributed by atoms with Gasteiger partial charge in [-0.3, -0.25) is 14.9 Å². The first-order chi connectivity index (χ1) is 8.06. The quantitative estimate of drug-likeness (QED) is 0.849. The van der Waals surface area contributed by atoms with Crippen LogP contribution in [0.2, 0.25) is 0 Å². The van der Waals surface area contributed by atoms with Crippen molar-refractivity contribution in [3.8, 4) is 0 Å². The molecule has 2 aromatic heterocycles. The fourth-order valence-corrected chi connectivity index (χ4v) is 1.95. The van der Waals surface area contributed by atoms with Gasteiger partial charge in [0.05, 0.1) is 0 Å². The normalized spacial score (nSPS) is 10.2. The number of carbonyl (C=O) groups is 2. The molecule has 88 valence electrons. The number of thiazole rings is 1. The highest BCUT2D eigenvalue weighted by Gasteiger charge is 2.13. The molecule has 0 aliphatic heterocycles. The number of carbonyl (C=O) groups excluding carboxylic acids is 2. The molecule has 0 aliphatic rings. The van der Waals surface area contributed by atoms with E-state index in [4.69, 9.17) is 4.42 Å². The second kappa shape index (κ2) is 4.50. The molecule has 2 rings (SSSR count). The molecule has 5 nitrogen and oxygen atoms in total. The van der Waals surface area contributed by atoms with E-state index in [2.05, 4.69) is 10.3 Å². The number of rotatable bonds is 3. The predicted octanol–water partition coefficient (Wildman–Crippen LogP) is 2.50. The van der Waals surface area contributed by atoms with Crippen molar-refractivity contribution in [1.29, 1.82) is 0 Å². The fraction of sp³-hybridized carbons (Fsp3) is 0.182. The summed E-state index contributed by atoms with van der Waals surface area (Å²) in [5.41, 5.74) is 0.348. The number of hydrogen-bond acceptors (Lipinski definition) is 5. The molecule has 0 saturated carbocycles. The van der Waals surface area contributed by atoms with Crippen molar-refractivity contribution in [3.05, 3.63) is 34.7 Å². The fourth-order valence-electron chi connectivity index (χ4n) is 1.21. The van der Waals surface area contributed by atoms with E-state index in [9.17, 15) is 9.59 Å². The van der Waals surface area contributed by atoms with E-state index >= 15 is 0 Å². The number of aromatic nitrogens is 1. The minimum atomic E-state index is -0.373. The van der Waals surface area contributed by atoms with Crippen molar-refractivity contribution in [1.82, 2.24) is 4.98 Å². The SMILES string of the molecule is CC(=O)c1csc(NC(=O)c2ccc(C)o2)n1. The number of amides is 1. The molecule has 17 heavy (non-hydrogen) atoms. The van der Waals surface area contributed by atoms with Gasteiger partial charge in [-0.05, 0) is 19.1 Å². The van der Waals surface area contributed by atoms with Crippen LogP contribution in [0.15, 0.2) is 21.9 Å². The minimum absolute atomic E-state index is 0.129.